The zero-order valence-corrected chi connectivity index (χ0v) is 10.8. The second-order valence-electron chi connectivity index (χ2n) is 4.45. The Kier molecular flexibility index (Phi) is 3.46. The van der Waals surface area contributed by atoms with E-state index >= 15 is 0 Å². The molecule has 0 bridgehead atoms. The molecule has 0 aliphatic rings. The standard InChI is InChI=1S/C14H17N3O/c1-9(16-11(3)18)12-4-6-13(7-5-12)14-8-15-17-10(14)2/h4-9H,1-3H3,(H,15,17)(H,16,18). The first kappa shape index (κ1) is 12.4. The summed E-state index contributed by atoms with van der Waals surface area (Å²) >= 11 is 0. The number of hydrogen-bond donors (Lipinski definition) is 2. The minimum absolute atomic E-state index is 0.0164. The molecule has 0 spiro atoms. The van der Waals surface area contributed by atoms with Crippen LogP contribution in [0.3, 0.4) is 0 Å². The monoisotopic (exact) mass is 243 g/mol. The first-order chi connectivity index (χ1) is 8.58. The van der Waals surface area contributed by atoms with Crippen LogP contribution in [0.2, 0.25) is 0 Å². The van der Waals surface area contributed by atoms with Crippen LogP contribution in [0.5, 0.6) is 0 Å². The molecule has 94 valence electrons. The van der Waals surface area contributed by atoms with Crippen molar-refractivity contribution in [3.8, 4) is 11.1 Å². The summed E-state index contributed by atoms with van der Waals surface area (Å²) in [6, 6.07) is 8.18. The highest BCUT2D eigenvalue weighted by atomic mass is 16.1. The predicted octanol–water partition coefficient (Wildman–Crippen LogP) is 2.58. The van der Waals surface area contributed by atoms with Crippen LogP contribution >= 0.6 is 0 Å². The fourth-order valence-corrected chi connectivity index (χ4v) is 1.98. The van der Waals surface area contributed by atoms with Gasteiger partial charge in [-0.25, -0.2) is 0 Å². The van der Waals surface area contributed by atoms with Crippen LogP contribution < -0.4 is 5.32 Å². The van der Waals surface area contributed by atoms with Gasteiger partial charge in [0.25, 0.3) is 0 Å². The van der Waals surface area contributed by atoms with E-state index in [1.54, 1.807) is 0 Å². The van der Waals surface area contributed by atoms with Crippen LogP contribution in [0.25, 0.3) is 11.1 Å². The van der Waals surface area contributed by atoms with Crippen molar-refractivity contribution in [2.75, 3.05) is 0 Å². The average molecular weight is 243 g/mol. The maximum atomic E-state index is 11.0. The lowest BCUT2D eigenvalue weighted by Gasteiger charge is -2.13. The van der Waals surface area contributed by atoms with Crippen molar-refractivity contribution in [2.45, 2.75) is 26.8 Å². The summed E-state index contributed by atoms with van der Waals surface area (Å²) in [7, 11) is 0. The molecular weight excluding hydrogens is 226 g/mol. The van der Waals surface area contributed by atoms with Gasteiger partial charge in [-0.15, -0.1) is 0 Å². The molecule has 2 N–H and O–H groups in total. The zero-order chi connectivity index (χ0) is 13.1. The Morgan fingerprint density at radius 1 is 1.33 bits per heavy atom. The Labute approximate surface area is 106 Å². The lowest BCUT2D eigenvalue weighted by molar-refractivity contribution is -0.119. The fraction of sp³-hybridized carbons (Fsp3) is 0.286. The lowest BCUT2D eigenvalue weighted by atomic mass is 10.0. The van der Waals surface area contributed by atoms with Gasteiger partial charge in [-0.3, -0.25) is 9.89 Å². The Hall–Kier alpha value is -2.10. The van der Waals surface area contributed by atoms with E-state index in [4.69, 9.17) is 0 Å². The number of aryl methyl sites for hydroxylation is 1. The second kappa shape index (κ2) is 5.04. The third-order valence-corrected chi connectivity index (χ3v) is 2.97. The Balaban J connectivity index is 2.20. The van der Waals surface area contributed by atoms with Gasteiger partial charge < -0.3 is 5.32 Å². The molecule has 0 radical (unpaired) electrons. The maximum Gasteiger partial charge on any atom is 0.217 e. The molecule has 0 aliphatic carbocycles. The van der Waals surface area contributed by atoms with E-state index in [0.717, 1.165) is 22.4 Å². The van der Waals surface area contributed by atoms with Gasteiger partial charge in [-0.2, -0.15) is 5.10 Å². The van der Waals surface area contributed by atoms with Gasteiger partial charge in [0.15, 0.2) is 0 Å². The summed E-state index contributed by atoms with van der Waals surface area (Å²) in [6.45, 7) is 5.50. The van der Waals surface area contributed by atoms with Gasteiger partial charge in [0.05, 0.1) is 12.2 Å². The van der Waals surface area contributed by atoms with Gasteiger partial charge in [0.2, 0.25) is 5.91 Å². The Morgan fingerprint density at radius 3 is 2.50 bits per heavy atom. The molecule has 0 fully saturated rings. The zero-order valence-electron chi connectivity index (χ0n) is 10.8. The first-order valence-electron chi connectivity index (χ1n) is 5.95. The molecule has 0 saturated carbocycles. The van der Waals surface area contributed by atoms with Crippen LogP contribution in [0.15, 0.2) is 30.5 Å². The molecule has 0 aliphatic heterocycles. The summed E-state index contributed by atoms with van der Waals surface area (Å²) in [6.07, 6.45) is 1.82. The van der Waals surface area contributed by atoms with Crippen LogP contribution in [0.1, 0.15) is 31.1 Å². The first-order valence-corrected chi connectivity index (χ1v) is 5.95. The summed E-state index contributed by atoms with van der Waals surface area (Å²) in [4.78, 5) is 11.0. The molecule has 18 heavy (non-hydrogen) atoms. The van der Waals surface area contributed by atoms with Crippen molar-refractivity contribution in [3.05, 3.63) is 41.7 Å². The number of hydrogen-bond acceptors (Lipinski definition) is 2. The molecule has 1 amide bonds. The minimum Gasteiger partial charge on any atom is -0.350 e. The van der Waals surface area contributed by atoms with Crippen molar-refractivity contribution in [1.82, 2.24) is 15.5 Å². The molecule has 1 heterocycles. The Bertz CT molecular complexity index is 542. The van der Waals surface area contributed by atoms with Crippen molar-refractivity contribution < 1.29 is 4.79 Å². The predicted molar refractivity (Wildman–Crippen MR) is 71.0 cm³/mol. The molecule has 1 aromatic carbocycles. The molecule has 1 unspecified atom stereocenters. The molecule has 1 atom stereocenters. The van der Waals surface area contributed by atoms with E-state index in [2.05, 4.69) is 15.5 Å². The number of carbonyl (C=O) groups is 1. The van der Waals surface area contributed by atoms with Crippen LogP contribution in [0, 0.1) is 6.92 Å². The molecule has 2 aromatic rings. The van der Waals surface area contributed by atoms with Gasteiger partial charge in [0, 0.05) is 18.2 Å². The van der Waals surface area contributed by atoms with Gasteiger partial charge in [-0.05, 0) is 25.0 Å². The van der Waals surface area contributed by atoms with E-state index in [0.29, 0.717) is 0 Å². The summed E-state index contributed by atoms with van der Waals surface area (Å²) < 4.78 is 0. The van der Waals surface area contributed by atoms with Crippen molar-refractivity contribution >= 4 is 5.91 Å². The highest BCUT2D eigenvalue weighted by Gasteiger charge is 2.08. The molecular formula is C14H17N3O. The van der Waals surface area contributed by atoms with Crippen LogP contribution in [0.4, 0.5) is 0 Å². The van der Waals surface area contributed by atoms with Crippen LogP contribution in [-0.2, 0) is 4.79 Å². The third kappa shape index (κ3) is 2.59. The summed E-state index contributed by atoms with van der Waals surface area (Å²) in [5.41, 5.74) is 4.38. The number of rotatable bonds is 3. The van der Waals surface area contributed by atoms with Gasteiger partial charge in [0.1, 0.15) is 0 Å². The van der Waals surface area contributed by atoms with Gasteiger partial charge in [-0.1, -0.05) is 24.3 Å². The van der Waals surface area contributed by atoms with Crippen molar-refractivity contribution in [1.29, 1.82) is 0 Å². The maximum absolute atomic E-state index is 11.0. The van der Waals surface area contributed by atoms with E-state index in [9.17, 15) is 4.79 Å². The molecule has 1 aromatic heterocycles. The average Bonchev–Trinajstić information content (AvgIpc) is 2.75. The topological polar surface area (TPSA) is 57.8 Å². The summed E-state index contributed by atoms with van der Waals surface area (Å²) in [5.74, 6) is -0.0164. The largest absolute Gasteiger partial charge is 0.350 e. The van der Waals surface area contributed by atoms with Crippen molar-refractivity contribution in [3.63, 3.8) is 0 Å². The SMILES string of the molecule is CC(=O)NC(C)c1ccc(-c2cn[nH]c2C)cc1. The molecule has 0 saturated heterocycles. The highest BCUT2D eigenvalue weighted by Crippen LogP contribution is 2.23. The normalized spacial score (nSPS) is 12.2. The Morgan fingerprint density at radius 2 is 2.00 bits per heavy atom. The highest BCUT2D eigenvalue weighted by molar-refractivity contribution is 5.73. The molecule has 2 rings (SSSR count). The van der Waals surface area contributed by atoms with Crippen molar-refractivity contribution in [2.24, 2.45) is 0 Å². The van der Waals surface area contributed by atoms with Gasteiger partial charge >= 0.3 is 0 Å². The number of aromatic amines is 1. The fourth-order valence-electron chi connectivity index (χ4n) is 1.98. The van der Waals surface area contributed by atoms with E-state index in [-0.39, 0.29) is 11.9 Å². The number of aromatic nitrogens is 2. The number of nitrogens with one attached hydrogen (secondary N) is 2. The summed E-state index contributed by atoms with van der Waals surface area (Å²) in [5, 5.41) is 9.80. The van der Waals surface area contributed by atoms with E-state index in [1.807, 2.05) is 44.3 Å². The lowest BCUT2D eigenvalue weighted by Crippen LogP contribution is -2.23. The number of H-pyrrole nitrogens is 1. The van der Waals surface area contributed by atoms with E-state index in [1.165, 1.54) is 6.92 Å². The number of nitrogens with zero attached hydrogens (tertiary/aromatic N) is 1. The molecule has 4 nitrogen and oxygen atoms in total. The van der Waals surface area contributed by atoms with E-state index < -0.39 is 0 Å². The molecule has 4 heteroatoms. The quantitative estimate of drug-likeness (QED) is 0.870. The smallest absolute Gasteiger partial charge is 0.217 e. The van der Waals surface area contributed by atoms with Crippen LogP contribution in [-0.4, -0.2) is 16.1 Å². The second-order valence-corrected chi connectivity index (χ2v) is 4.45. The number of benzene rings is 1. The number of carbonyl (C=O) groups excluding carboxylic acids is 1. The minimum atomic E-state index is -0.0164. The third-order valence-electron chi connectivity index (χ3n) is 2.97. The number of amides is 1.